The Morgan fingerprint density at radius 3 is 2.17 bits per heavy atom. The molecule has 1 aromatic carbocycles. The average molecular weight is 657 g/mol. The number of carbonyl (C=O) groups is 1. The predicted octanol–water partition coefficient (Wildman–Crippen LogP) is 6.07. The number of amides is 1. The van der Waals surface area contributed by atoms with Gasteiger partial charge in [0.1, 0.15) is 22.6 Å². The van der Waals surface area contributed by atoms with Crippen LogP contribution in [0.3, 0.4) is 0 Å². The van der Waals surface area contributed by atoms with Crippen LogP contribution in [0.2, 0.25) is 5.02 Å². The highest BCUT2D eigenvalue weighted by Crippen LogP contribution is 2.35. The number of piperazine rings is 2. The second-order valence-electron chi connectivity index (χ2n) is 12.6. The normalized spacial score (nSPS) is 16.7. The SMILES string of the molecule is CC(C)(C)OC(=O)N1CCN(c2ccc(-c3nc4c(N5CCN(Cc6ccc(C(F)(F)F)nc6)CC5)c(Cl)cnc4[nH]3)cc2)CC1. The van der Waals surface area contributed by atoms with Crippen molar-refractivity contribution in [3.8, 4) is 11.4 Å². The van der Waals surface area contributed by atoms with Crippen LogP contribution in [0, 0.1) is 0 Å². The molecule has 0 atom stereocenters. The third-order valence-electron chi connectivity index (χ3n) is 8.09. The van der Waals surface area contributed by atoms with E-state index in [2.05, 4.69) is 41.8 Å². The van der Waals surface area contributed by atoms with E-state index in [0.717, 1.165) is 28.6 Å². The first-order valence-corrected chi connectivity index (χ1v) is 15.6. The van der Waals surface area contributed by atoms with Gasteiger partial charge in [-0.25, -0.2) is 14.8 Å². The molecule has 0 saturated carbocycles. The number of anilines is 2. The highest BCUT2D eigenvalue weighted by atomic mass is 35.5. The van der Waals surface area contributed by atoms with Crippen LogP contribution in [0.25, 0.3) is 22.6 Å². The number of alkyl halides is 3. The fraction of sp³-hybridized carbons (Fsp3) is 0.438. The van der Waals surface area contributed by atoms with E-state index in [1.54, 1.807) is 11.1 Å². The number of hydrogen-bond donors (Lipinski definition) is 1. The summed E-state index contributed by atoms with van der Waals surface area (Å²) in [5.74, 6) is 0.681. The van der Waals surface area contributed by atoms with E-state index >= 15 is 0 Å². The molecule has 10 nitrogen and oxygen atoms in total. The first-order valence-electron chi connectivity index (χ1n) is 15.2. The lowest BCUT2D eigenvalue weighted by atomic mass is 10.1. The number of imidazole rings is 1. The van der Waals surface area contributed by atoms with Gasteiger partial charge >= 0.3 is 12.3 Å². The van der Waals surface area contributed by atoms with Crippen molar-refractivity contribution >= 4 is 40.2 Å². The van der Waals surface area contributed by atoms with Crippen molar-refractivity contribution in [1.82, 2.24) is 29.7 Å². The summed E-state index contributed by atoms with van der Waals surface area (Å²) >= 11 is 6.67. The summed E-state index contributed by atoms with van der Waals surface area (Å²) in [6.45, 7) is 11.5. The van der Waals surface area contributed by atoms with Gasteiger partial charge in [-0.3, -0.25) is 9.88 Å². The van der Waals surface area contributed by atoms with Crippen molar-refractivity contribution in [3.05, 3.63) is 65.1 Å². The molecule has 0 radical (unpaired) electrons. The fourth-order valence-corrected chi connectivity index (χ4v) is 5.99. The average Bonchev–Trinajstić information content (AvgIpc) is 3.45. The van der Waals surface area contributed by atoms with Crippen LogP contribution in [0.1, 0.15) is 32.0 Å². The molecule has 4 aromatic rings. The summed E-state index contributed by atoms with van der Waals surface area (Å²) < 4.78 is 44.1. The van der Waals surface area contributed by atoms with E-state index in [0.29, 0.717) is 80.9 Å². The molecule has 46 heavy (non-hydrogen) atoms. The highest BCUT2D eigenvalue weighted by Gasteiger charge is 2.32. The number of benzene rings is 1. The number of hydrogen-bond acceptors (Lipinski definition) is 8. The molecule has 0 spiro atoms. The molecule has 1 amide bonds. The second kappa shape index (κ2) is 12.6. The van der Waals surface area contributed by atoms with Gasteiger partial charge in [0.15, 0.2) is 5.65 Å². The van der Waals surface area contributed by atoms with Crippen LogP contribution < -0.4 is 9.80 Å². The van der Waals surface area contributed by atoms with E-state index < -0.39 is 17.5 Å². The van der Waals surface area contributed by atoms with Gasteiger partial charge in [-0.05, 0) is 56.7 Å². The smallest absolute Gasteiger partial charge is 0.433 e. The summed E-state index contributed by atoms with van der Waals surface area (Å²) in [6.07, 6.45) is -1.81. The van der Waals surface area contributed by atoms with Crippen LogP contribution >= 0.6 is 11.6 Å². The zero-order chi connectivity index (χ0) is 32.6. The largest absolute Gasteiger partial charge is 0.444 e. The molecular weight excluding hydrogens is 621 g/mol. The number of aromatic nitrogens is 4. The third-order valence-corrected chi connectivity index (χ3v) is 8.37. The Hall–Kier alpha value is -4.10. The molecule has 2 aliphatic rings. The summed E-state index contributed by atoms with van der Waals surface area (Å²) in [5.41, 5.74) is 3.43. The number of halogens is 4. The summed E-state index contributed by atoms with van der Waals surface area (Å²) in [5, 5.41) is 0.506. The summed E-state index contributed by atoms with van der Waals surface area (Å²) in [6, 6.07) is 10.6. The van der Waals surface area contributed by atoms with E-state index in [4.69, 9.17) is 21.3 Å². The van der Waals surface area contributed by atoms with E-state index in [-0.39, 0.29) is 6.09 Å². The van der Waals surface area contributed by atoms with Crippen molar-refractivity contribution in [2.45, 2.75) is 39.1 Å². The number of nitrogens with zero attached hydrogens (tertiary/aromatic N) is 7. The summed E-state index contributed by atoms with van der Waals surface area (Å²) in [4.78, 5) is 37.1. The zero-order valence-electron chi connectivity index (χ0n) is 25.9. The molecule has 0 bridgehead atoms. The molecular formula is C32H36ClF3N8O2. The van der Waals surface area contributed by atoms with Crippen LogP contribution in [0.5, 0.6) is 0 Å². The van der Waals surface area contributed by atoms with Crippen LogP contribution in [0.15, 0.2) is 48.8 Å². The number of rotatable bonds is 5. The predicted molar refractivity (Wildman–Crippen MR) is 171 cm³/mol. The fourth-order valence-electron chi connectivity index (χ4n) is 5.73. The molecule has 3 aromatic heterocycles. The Bertz CT molecular complexity index is 1670. The topological polar surface area (TPSA) is 93.7 Å². The highest BCUT2D eigenvalue weighted by molar-refractivity contribution is 6.34. The van der Waals surface area contributed by atoms with Gasteiger partial charge in [0.2, 0.25) is 0 Å². The monoisotopic (exact) mass is 656 g/mol. The van der Waals surface area contributed by atoms with Crippen molar-refractivity contribution in [2.24, 2.45) is 0 Å². The van der Waals surface area contributed by atoms with Crippen molar-refractivity contribution < 1.29 is 22.7 Å². The Kier molecular flexibility index (Phi) is 8.73. The Labute approximate surface area is 270 Å². The standard InChI is InChI=1S/C32H36ClF3N8O2/c1-31(2,3)46-30(45)44-16-14-42(15-17-44)23-7-5-22(6-8-23)28-39-26-27(24(33)19-38-29(26)40-28)43-12-10-41(11-13-43)20-21-4-9-25(37-18-21)32(34,35)36/h4-9,18-19H,10-17,20H2,1-3H3,(H,38,39,40). The Morgan fingerprint density at radius 1 is 0.891 bits per heavy atom. The lowest BCUT2D eigenvalue weighted by Gasteiger charge is -2.36. The van der Waals surface area contributed by atoms with E-state index in [1.165, 1.54) is 12.3 Å². The lowest BCUT2D eigenvalue weighted by molar-refractivity contribution is -0.141. The number of nitrogens with one attached hydrogen (secondary N) is 1. The molecule has 0 aliphatic carbocycles. The lowest BCUT2D eigenvalue weighted by Crippen LogP contribution is -2.50. The molecule has 2 saturated heterocycles. The maximum atomic E-state index is 12.9. The van der Waals surface area contributed by atoms with Gasteiger partial charge in [-0.15, -0.1) is 0 Å². The molecule has 1 N–H and O–H groups in total. The summed E-state index contributed by atoms with van der Waals surface area (Å²) in [7, 11) is 0. The van der Waals surface area contributed by atoms with Gasteiger partial charge in [-0.2, -0.15) is 13.2 Å². The quantitative estimate of drug-likeness (QED) is 0.277. The van der Waals surface area contributed by atoms with Crippen molar-refractivity contribution in [1.29, 1.82) is 0 Å². The number of carbonyl (C=O) groups excluding carboxylic acids is 1. The number of ether oxygens (including phenoxy) is 1. The minimum atomic E-state index is -4.45. The van der Waals surface area contributed by atoms with Crippen LogP contribution in [-0.4, -0.2) is 93.8 Å². The number of aromatic amines is 1. The minimum Gasteiger partial charge on any atom is -0.444 e. The molecule has 2 aliphatic heterocycles. The zero-order valence-corrected chi connectivity index (χ0v) is 26.7. The first-order chi connectivity index (χ1) is 21.8. The van der Waals surface area contributed by atoms with Crippen molar-refractivity contribution in [2.75, 3.05) is 62.2 Å². The number of H-pyrrole nitrogens is 1. The Morgan fingerprint density at radius 2 is 1.57 bits per heavy atom. The van der Waals surface area contributed by atoms with Gasteiger partial charge in [0, 0.05) is 76.4 Å². The maximum absolute atomic E-state index is 12.9. The maximum Gasteiger partial charge on any atom is 0.433 e. The van der Waals surface area contributed by atoms with Crippen LogP contribution in [-0.2, 0) is 17.5 Å². The molecule has 2 fully saturated rings. The number of pyridine rings is 2. The van der Waals surface area contributed by atoms with Gasteiger partial charge < -0.3 is 24.4 Å². The van der Waals surface area contributed by atoms with E-state index in [1.807, 2.05) is 32.9 Å². The molecule has 0 unspecified atom stereocenters. The molecule has 244 valence electrons. The number of fused-ring (bicyclic) bond motifs is 1. The van der Waals surface area contributed by atoms with Crippen LogP contribution in [0.4, 0.5) is 29.3 Å². The van der Waals surface area contributed by atoms with Gasteiger partial charge in [-0.1, -0.05) is 17.7 Å². The Balaban J connectivity index is 1.09. The van der Waals surface area contributed by atoms with E-state index in [9.17, 15) is 18.0 Å². The van der Waals surface area contributed by atoms with Crippen molar-refractivity contribution in [3.63, 3.8) is 0 Å². The van der Waals surface area contributed by atoms with Gasteiger partial charge in [0.25, 0.3) is 0 Å². The molecule has 5 heterocycles. The van der Waals surface area contributed by atoms with Gasteiger partial charge in [0.05, 0.1) is 16.9 Å². The first kappa shape index (κ1) is 31.9. The third kappa shape index (κ3) is 7.15. The molecule has 14 heteroatoms. The minimum absolute atomic E-state index is 0.280. The molecule has 6 rings (SSSR count). The second-order valence-corrected chi connectivity index (χ2v) is 13.0.